The highest BCUT2D eigenvalue weighted by Gasteiger charge is 2.51. The van der Waals surface area contributed by atoms with Crippen LogP contribution in [0.25, 0.3) is 0 Å². The van der Waals surface area contributed by atoms with E-state index in [1.807, 2.05) is 6.07 Å². The molecule has 0 aliphatic heterocycles. The van der Waals surface area contributed by atoms with Crippen molar-refractivity contribution in [2.45, 2.75) is 52.2 Å². The average molecular weight is 265 g/mol. The lowest BCUT2D eigenvalue weighted by Crippen LogP contribution is -2.63. The Labute approximate surface area is 115 Å². The number of rotatable bonds is 6. The van der Waals surface area contributed by atoms with Gasteiger partial charge in [0.25, 0.3) is 0 Å². The molecule has 1 aromatic carbocycles. The second-order valence-electron chi connectivity index (χ2n) is 5.67. The van der Waals surface area contributed by atoms with Crippen molar-refractivity contribution in [2.75, 3.05) is 6.54 Å². The Balaban J connectivity index is 1.98. The summed E-state index contributed by atoms with van der Waals surface area (Å²) in [5.41, 5.74) is 0.140. The van der Waals surface area contributed by atoms with E-state index in [1.54, 1.807) is 6.07 Å². The molecule has 0 bridgehead atoms. The molecule has 106 valence electrons. The molecule has 2 rings (SSSR count). The SMILES string of the molecule is CCCNC1CC(Oc2cccc(F)c2)C1(C)CC. The Morgan fingerprint density at radius 3 is 2.84 bits per heavy atom. The maximum Gasteiger partial charge on any atom is 0.126 e. The van der Waals surface area contributed by atoms with Crippen LogP contribution in [0.1, 0.15) is 40.0 Å². The Morgan fingerprint density at radius 1 is 1.42 bits per heavy atom. The van der Waals surface area contributed by atoms with Crippen molar-refractivity contribution in [1.29, 1.82) is 0 Å². The lowest BCUT2D eigenvalue weighted by molar-refractivity contribution is -0.0702. The molecule has 19 heavy (non-hydrogen) atoms. The van der Waals surface area contributed by atoms with Crippen molar-refractivity contribution in [3.8, 4) is 5.75 Å². The number of ether oxygens (including phenoxy) is 1. The van der Waals surface area contributed by atoms with E-state index < -0.39 is 0 Å². The maximum absolute atomic E-state index is 13.2. The fourth-order valence-corrected chi connectivity index (χ4v) is 2.81. The molecule has 0 heterocycles. The zero-order chi connectivity index (χ0) is 13.9. The van der Waals surface area contributed by atoms with E-state index in [1.165, 1.54) is 12.1 Å². The maximum atomic E-state index is 13.2. The van der Waals surface area contributed by atoms with Crippen LogP contribution in [-0.4, -0.2) is 18.7 Å². The van der Waals surface area contributed by atoms with Gasteiger partial charge in [-0.15, -0.1) is 0 Å². The molecule has 0 amide bonds. The Morgan fingerprint density at radius 2 is 2.21 bits per heavy atom. The summed E-state index contributed by atoms with van der Waals surface area (Å²) in [6.07, 6.45) is 3.38. The molecule has 1 fully saturated rings. The summed E-state index contributed by atoms with van der Waals surface area (Å²) < 4.78 is 19.1. The summed E-state index contributed by atoms with van der Waals surface area (Å²) in [5.74, 6) is 0.397. The first-order valence-electron chi connectivity index (χ1n) is 7.25. The van der Waals surface area contributed by atoms with Gasteiger partial charge < -0.3 is 10.1 Å². The van der Waals surface area contributed by atoms with Crippen LogP contribution in [-0.2, 0) is 0 Å². The highest BCUT2D eigenvalue weighted by Crippen LogP contribution is 2.46. The van der Waals surface area contributed by atoms with Gasteiger partial charge in [0, 0.05) is 23.9 Å². The number of hydrogen-bond acceptors (Lipinski definition) is 2. The van der Waals surface area contributed by atoms with Crippen LogP contribution >= 0.6 is 0 Å². The van der Waals surface area contributed by atoms with Crippen LogP contribution < -0.4 is 10.1 Å². The second kappa shape index (κ2) is 5.91. The highest BCUT2D eigenvalue weighted by atomic mass is 19.1. The van der Waals surface area contributed by atoms with Crippen LogP contribution in [0.5, 0.6) is 5.75 Å². The molecule has 1 aliphatic carbocycles. The third-order valence-corrected chi connectivity index (χ3v) is 4.46. The third-order valence-electron chi connectivity index (χ3n) is 4.46. The fourth-order valence-electron chi connectivity index (χ4n) is 2.81. The van der Waals surface area contributed by atoms with E-state index in [4.69, 9.17) is 4.74 Å². The van der Waals surface area contributed by atoms with E-state index in [0.29, 0.717) is 11.8 Å². The summed E-state index contributed by atoms with van der Waals surface area (Å²) in [6.45, 7) is 7.68. The predicted molar refractivity (Wildman–Crippen MR) is 75.9 cm³/mol. The van der Waals surface area contributed by atoms with Crippen LogP contribution in [0.3, 0.4) is 0 Å². The molecular weight excluding hydrogens is 241 g/mol. The van der Waals surface area contributed by atoms with Gasteiger partial charge in [-0.05, 0) is 31.5 Å². The van der Waals surface area contributed by atoms with Crippen molar-refractivity contribution in [3.05, 3.63) is 30.1 Å². The van der Waals surface area contributed by atoms with Gasteiger partial charge in [-0.1, -0.05) is 26.8 Å². The molecule has 3 unspecified atom stereocenters. The average Bonchev–Trinajstić information content (AvgIpc) is 2.41. The standard InChI is InChI=1S/C16H24FNO/c1-4-9-18-14-11-15(16(14,3)5-2)19-13-8-6-7-12(17)10-13/h6-8,10,14-15,18H,4-5,9,11H2,1-3H3. The van der Waals surface area contributed by atoms with E-state index >= 15 is 0 Å². The molecule has 1 N–H and O–H groups in total. The number of halogens is 1. The lowest BCUT2D eigenvalue weighted by Gasteiger charge is -2.53. The zero-order valence-corrected chi connectivity index (χ0v) is 12.1. The van der Waals surface area contributed by atoms with E-state index in [0.717, 1.165) is 25.8 Å². The van der Waals surface area contributed by atoms with Gasteiger partial charge in [-0.25, -0.2) is 4.39 Å². The molecule has 3 heteroatoms. The summed E-state index contributed by atoms with van der Waals surface area (Å²) in [7, 11) is 0. The smallest absolute Gasteiger partial charge is 0.126 e. The van der Waals surface area contributed by atoms with Gasteiger partial charge >= 0.3 is 0 Å². The second-order valence-corrected chi connectivity index (χ2v) is 5.67. The molecule has 0 aromatic heterocycles. The van der Waals surface area contributed by atoms with Gasteiger partial charge in [0.15, 0.2) is 0 Å². The van der Waals surface area contributed by atoms with Gasteiger partial charge in [-0.3, -0.25) is 0 Å². The van der Waals surface area contributed by atoms with Crippen LogP contribution in [0.15, 0.2) is 24.3 Å². The molecule has 1 aliphatic rings. The summed E-state index contributed by atoms with van der Waals surface area (Å²) in [5, 5.41) is 3.58. The van der Waals surface area contributed by atoms with E-state index in [9.17, 15) is 4.39 Å². The van der Waals surface area contributed by atoms with Gasteiger partial charge in [0.1, 0.15) is 17.7 Å². The molecule has 1 saturated carbocycles. The molecule has 0 spiro atoms. The van der Waals surface area contributed by atoms with Crippen LogP contribution in [0.2, 0.25) is 0 Å². The molecular formula is C16H24FNO. The van der Waals surface area contributed by atoms with E-state index in [-0.39, 0.29) is 17.3 Å². The van der Waals surface area contributed by atoms with Crippen molar-refractivity contribution < 1.29 is 9.13 Å². The molecule has 1 aromatic rings. The van der Waals surface area contributed by atoms with Crippen LogP contribution in [0.4, 0.5) is 4.39 Å². The van der Waals surface area contributed by atoms with Crippen molar-refractivity contribution in [1.82, 2.24) is 5.32 Å². The summed E-state index contributed by atoms with van der Waals surface area (Å²) in [4.78, 5) is 0. The predicted octanol–water partition coefficient (Wildman–Crippen LogP) is 3.76. The van der Waals surface area contributed by atoms with Crippen molar-refractivity contribution >= 4 is 0 Å². The topological polar surface area (TPSA) is 21.3 Å². The number of nitrogens with one attached hydrogen (secondary N) is 1. The Bertz CT molecular complexity index is 423. The Kier molecular flexibility index (Phi) is 4.46. The van der Waals surface area contributed by atoms with Gasteiger partial charge in [0.2, 0.25) is 0 Å². The zero-order valence-electron chi connectivity index (χ0n) is 12.1. The monoisotopic (exact) mass is 265 g/mol. The largest absolute Gasteiger partial charge is 0.490 e. The van der Waals surface area contributed by atoms with Gasteiger partial charge in [-0.2, -0.15) is 0 Å². The Hall–Kier alpha value is -1.09. The minimum Gasteiger partial charge on any atom is -0.490 e. The van der Waals surface area contributed by atoms with Crippen LogP contribution in [0, 0.1) is 11.2 Å². The number of benzene rings is 1. The minimum absolute atomic E-state index is 0.140. The minimum atomic E-state index is -0.240. The van der Waals surface area contributed by atoms with Crippen molar-refractivity contribution in [3.63, 3.8) is 0 Å². The summed E-state index contributed by atoms with van der Waals surface area (Å²) in [6, 6.07) is 6.93. The first-order valence-corrected chi connectivity index (χ1v) is 7.25. The number of hydrogen-bond donors (Lipinski definition) is 1. The molecule has 0 saturated heterocycles. The normalized spacial score (nSPS) is 29.9. The lowest BCUT2D eigenvalue weighted by atomic mass is 9.61. The van der Waals surface area contributed by atoms with E-state index in [2.05, 4.69) is 26.1 Å². The fraction of sp³-hybridized carbons (Fsp3) is 0.625. The van der Waals surface area contributed by atoms with Crippen molar-refractivity contribution in [2.24, 2.45) is 5.41 Å². The highest BCUT2D eigenvalue weighted by molar-refractivity contribution is 5.24. The molecule has 3 atom stereocenters. The first-order chi connectivity index (χ1) is 9.10. The first kappa shape index (κ1) is 14.3. The molecule has 0 radical (unpaired) electrons. The quantitative estimate of drug-likeness (QED) is 0.845. The van der Waals surface area contributed by atoms with Gasteiger partial charge in [0.05, 0.1) is 0 Å². The molecule has 2 nitrogen and oxygen atoms in total. The third kappa shape index (κ3) is 2.92. The summed E-state index contributed by atoms with van der Waals surface area (Å²) >= 11 is 0.